The summed E-state index contributed by atoms with van der Waals surface area (Å²) in [6.07, 6.45) is 4.19. The first-order chi connectivity index (χ1) is 16.1. The molecule has 2 N–H and O–H groups in total. The van der Waals surface area contributed by atoms with E-state index in [1.165, 1.54) is 17.3 Å². The second-order valence-corrected chi connectivity index (χ2v) is 9.38. The van der Waals surface area contributed by atoms with Gasteiger partial charge in [0.25, 0.3) is 0 Å². The lowest BCUT2D eigenvalue weighted by molar-refractivity contribution is -0.113. The number of para-hydroxylation sites is 1. The predicted molar refractivity (Wildman–Crippen MR) is 132 cm³/mol. The number of benzene rings is 2. The van der Waals surface area contributed by atoms with Gasteiger partial charge in [0.1, 0.15) is 0 Å². The molecule has 1 amide bonds. The van der Waals surface area contributed by atoms with Gasteiger partial charge in [-0.25, -0.2) is 0 Å². The molecule has 5 rings (SSSR count). The standard InChI is InChI=1S/C25H27N5O2S/c1-16-9-10-18(12-17(16)2)27-23(31)15-33-25-29-28-24(30(25)14-19-6-5-11-32-19)21-13-26-22-8-4-3-7-20(21)22/h3-4,7-10,12-13,19,26H,5-6,11,14-15H2,1-2H3,(H,27,31). The zero-order valence-corrected chi connectivity index (χ0v) is 19.6. The molecule has 0 saturated carbocycles. The van der Waals surface area contributed by atoms with Crippen LogP contribution in [0.2, 0.25) is 0 Å². The molecule has 8 heteroatoms. The summed E-state index contributed by atoms with van der Waals surface area (Å²) in [6, 6.07) is 14.1. The van der Waals surface area contributed by atoms with Gasteiger partial charge in [0.2, 0.25) is 5.91 Å². The number of carbonyl (C=O) groups excluding carboxylic acids is 1. The monoisotopic (exact) mass is 461 g/mol. The predicted octanol–water partition coefficient (Wildman–Crippen LogP) is 4.95. The Morgan fingerprint density at radius 1 is 1.21 bits per heavy atom. The maximum Gasteiger partial charge on any atom is 0.234 e. The summed E-state index contributed by atoms with van der Waals surface area (Å²) in [6.45, 7) is 5.56. The third-order valence-corrected chi connectivity index (χ3v) is 7.05. The molecule has 4 aromatic rings. The second-order valence-electron chi connectivity index (χ2n) is 8.44. The molecule has 1 fully saturated rings. The highest BCUT2D eigenvalue weighted by molar-refractivity contribution is 7.99. The van der Waals surface area contributed by atoms with Gasteiger partial charge in [-0.15, -0.1) is 10.2 Å². The van der Waals surface area contributed by atoms with E-state index in [0.29, 0.717) is 6.54 Å². The fourth-order valence-corrected chi connectivity index (χ4v) is 4.90. The van der Waals surface area contributed by atoms with E-state index in [9.17, 15) is 4.79 Å². The Bertz CT molecular complexity index is 1290. The van der Waals surface area contributed by atoms with Crippen molar-refractivity contribution in [3.63, 3.8) is 0 Å². The number of nitrogens with one attached hydrogen (secondary N) is 2. The minimum Gasteiger partial charge on any atom is -0.376 e. The Morgan fingerprint density at radius 3 is 2.91 bits per heavy atom. The molecule has 0 aliphatic carbocycles. The van der Waals surface area contributed by atoms with Crippen LogP contribution < -0.4 is 5.32 Å². The zero-order chi connectivity index (χ0) is 22.8. The lowest BCUT2D eigenvalue weighted by atomic mass is 10.1. The maximum atomic E-state index is 12.6. The van der Waals surface area contributed by atoms with Gasteiger partial charge in [-0.1, -0.05) is 36.0 Å². The summed E-state index contributed by atoms with van der Waals surface area (Å²) in [7, 11) is 0. The molecular weight excluding hydrogens is 434 g/mol. The minimum atomic E-state index is -0.0661. The van der Waals surface area contributed by atoms with Crippen LogP contribution in [0, 0.1) is 13.8 Å². The fourth-order valence-electron chi connectivity index (χ4n) is 4.15. The average molecular weight is 462 g/mol. The van der Waals surface area contributed by atoms with Crippen molar-refractivity contribution in [3.8, 4) is 11.4 Å². The summed E-state index contributed by atoms with van der Waals surface area (Å²) >= 11 is 1.40. The van der Waals surface area contributed by atoms with E-state index in [1.54, 1.807) is 0 Å². The minimum absolute atomic E-state index is 0.0661. The number of anilines is 1. The van der Waals surface area contributed by atoms with Crippen molar-refractivity contribution in [2.75, 3.05) is 17.7 Å². The Morgan fingerprint density at radius 2 is 2.09 bits per heavy atom. The first kappa shape index (κ1) is 21.7. The van der Waals surface area contributed by atoms with Crippen molar-refractivity contribution < 1.29 is 9.53 Å². The van der Waals surface area contributed by atoms with Crippen LogP contribution in [0.15, 0.2) is 53.8 Å². The second kappa shape index (κ2) is 9.41. The summed E-state index contributed by atoms with van der Waals surface area (Å²) < 4.78 is 7.99. The molecule has 0 radical (unpaired) electrons. The van der Waals surface area contributed by atoms with Crippen molar-refractivity contribution in [3.05, 3.63) is 59.8 Å². The van der Waals surface area contributed by atoms with E-state index in [4.69, 9.17) is 4.74 Å². The Balaban J connectivity index is 1.37. The number of amides is 1. The highest BCUT2D eigenvalue weighted by atomic mass is 32.2. The number of hydrogen-bond donors (Lipinski definition) is 2. The Kier molecular flexibility index (Phi) is 6.20. The van der Waals surface area contributed by atoms with Gasteiger partial charge in [0.05, 0.1) is 18.4 Å². The number of aryl methyl sites for hydroxylation is 2. The molecule has 1 saturated heterocycles. The number of thioether (sulfide) groups is 1. The lowest BCUT2D eigenvalue weighted by Crippen LogP contribution is -2.18. The molecule has 0 spiro atoms. The molecule has 2 aromatic carbocycles. The number of aromatic amines is 1. The van der Waals surface area contributed by atoms with Gasteiger partial charge < -0.3 is 15.0 Å². The van der Waals surface area contributed by atoms with Gasteiger partial charge >= 0.3 is 0 Å². The largest absolute Gasteiger partial charge is 0.376 e. The summed E-state index contributed by atoms with van der Waals surface area (Å²) in [5, 5.41) is 13.8. The molecule has 2 aromatic heterocycles. The van der Waals surface area contributed by atoms with Crippen LogP contribution in [0.25, 0.3) is 22.3 Å². The van der Waals surface area contributed by atoms with E-state index >= 15 is 0 Å². The molecule has 7 nitrogen and oxygen atoms in total. The van der Waals surface area contributed by atoms with Crippen LogP contribution in [0.4, 0.5) is 5.69 Å². The van der Waals surface area contributed by atoms with Crippen LogP contribution in [-0.2, 0) is 16.1 Å². The van der Waals surface area contributed by atoms with Crippen molar-refractivity contribution >= 4 is 34.3 Å². The number of rotatable bonds is 7. The smallest absolute Gasteiger partial charge is 0.234 e. The lowest BCUT2D eigenvalue weighted by Gasteiger charge is -2.14. The first-order valence-corrected chi connectivity index (χ1v) is 12.2. The Hall–Kier alpha value is -3.10. The van der Waals surface area contributed by atoms with Crippen molar-refractivity contribution in [2.45, 2.75) is 44.5 Å². The van der Waals surface area contributed by atoms with E-state index in [1.807, 2.05) is 49.5 Å². The van der Waals surface area contributed by atoms with Gasteiger partial charge in [0, 0.05) is 35.0 Å². The summed E-state index contributed by atoms with van der Waals surface area (Å²) in [4.78, 5) is 15.9. The zero-order valence-electron chi connectivity index (χ0n) is 18.8. The quantitative estimate of drug-likeness (QED) is 0.380. The SMILES string of the molecule is Cc1ccc(NC(=O)CSc2nnc(-c3c[nH]c4ccccc34)n2CC2CCCO2)cc1C. The van der Waals surface area contributed by atoms with Crippen LogP contribution in [0.5, 0.6) is 0 Å². The third-order valence-electron chi connectivity index (χ3n) is 6.08. The third kappa shape index (κ3) is 4.67. The van der Waals surface area contributed by atoms with E-state index in [-0.39, 0.29) is 17.8 Å². The highest BCUT2D eigenvalue weighted by Crippen LogP contribution is 2.31. The average Bonchev–Trinajstić information content (AvgIpc) is 3.55. The van der Waals surface area contributed by atoms with Gasteiger partial charge in [-0.2, -0.15) is 0 Å². The number of nitrogens with zero attached hydrogens (tertiary/aromatic N) is 3. The van der Waals surface area contributed by atoms with Crippen molar-refractivity contribution in [1.82, 2.24) is 19.7 Å². The van der Waals surface area contributed by atoms with Crippen LogP contribution >= 0.6 is 11.8 Å². The van der Waals surface area contributed by atoms with Gasteiger partial charge in [-0.3, -0.25) is 9.36 Å². The molecular formula is C25H27N5O2S. The number of fused-ring (bicyclic) bond motifs is 1. The molecule has 3 heterocycles. The van der Waals surface area contributed by atoms with Gasteiger partial charge in [-0.05, 0) is 56.0 Å². The Labute approximate surface area is 196 Å². The summed E-state index contributed by atoms with van der Waals surface area (Å²) in [5.41, 5.74) is 5.22. The first-order valence-electron chi connectivity index (χ1n) is 11.2. The van der Waals surface area contributed by atoms with E-state index < -0.39 is 0 Å². The number of aromatic nitrogens is 4. The highest BCUT2D eigenvalue weighted by Gasteiger charge is 2.23. The molecule has 1 unspecified atom stereocenters. The molecule has 33 heavy (non-hydrogen) atoms. The normalized spacial score (nSPS) is 15.9. The number of carbonyl (C=O) groups is 1. The molecule has 1 aliphatic rings. The number of H-pyrrole nitrogens is 1. The van der Waals surface area contributed by atoms with E-state index in [2.05, 4.69) is 38.1 Å². The topological polar surface area (TPSA) is 84.8 Å². The molecule has 1 aliphatic heterocycles. The van der Waals surface area contributed by atoms with Crippen LogP contribution in [0.3, 0.4) is 0 Å². The van der Waals surface area contributed by atoms with Gasteiger partial charge in [0.15, 0.2) is 11.0 Å². The van der Waals surface area contributed by atoms with Crippen molar-refractivity contribution in [2.24, 2.45) is 0 Å². The maximum absolute atomic E-state index is 12.6. The summed E-state index contributed by atoms with van der Waals surface area (Å²) in [5.74, 6) is 0.980. The molecule has 170 valence electrons. The van der Waals surface area contributed by atoms with Crippen LogP contribution in [-0.4, -0.2) is 44.1 Å². The molecule has 1 atom stereocenters. The van der Waals surface area contributed by atoms with Crippen LogP contribution in [0.1, 0.15) is 24.0 Å². The molecule has 0 bridgehead atoms. The number of ether oxygens (including phenoxy) is 1. The van der Waals surface area contributed by atoms with E-state index in [0.717, 1.165) is 58.1 Å². The van der Waals surface area contributed by atoms with Crippen molar-refractivity contribution in [1.29, 1.82) is 0 Å². The number of hydrogen-bond acceptors (Lipinski definition) is 5. The fraction of sp³-hybridized carbons (Fsp3) is 0.320.